The summed E-state index contributed by atoms with van der Waals surface area (Å²) in [5.74, 6) is -0.739. The largest absolute Gasteiger partial charge is 0.508 e. The molecule has 0 fully saturated rings. The molecule has 0 saturated carbocycles. The summed E-state index contributed by atoms with van der Waals surface area (Å²) in [4.78, 5) is 11.6. The van der Waals surface area contributed by atoms with E-state index in [2.05, 4.69) is 0 Å². The first kappa shape index (κ1) is 14.1. The van der Waals surface area contributed by atoms with E-state index in [1.54, 1.807) is 36.4 Å². The predicted octanol–water partition coefficient (Wildman–Crippen LogP) is 3.23. The summed E-state index contributed by atoms with van der Waals surface area (Å²) in [5, 5.41) is 9.33. The third kappa shape index (κ3) is 3.35. The number of benzene rings is 2. The number of methoxy groups -OCH3 is 1. The Labute approximate surface area is 116 Å². The first-order chi connectivity index (χ1) is 9.60. The van der Waals surface area contributed by atoms with Crippen LogP contribution in [0.4, 0.5) is 4.39 Å². The zero-order valence-corrected chi connectivity index (χ0v) is 11.0. The van der Waals surface area contributed by atoms with Crippen LogP contribution in [0.3, 0.4) is 0 Å². The van der Waals surface area contributed by atoms with Gasteiger partial charge in [-0.1, -0.05) is 24.3 Å². The number of hydrogen-bond acceptors (Lipinski definition) is 3. The number of carbonyl (C=O) groups excluding carboxylic acids is 1. The minimum Gasteiger partial charge on any atom is -0.508 e. The standard InChI is InChI=1S/C16H15FO3/c1-20-16(19)10-15(11-2-6-13(17)7-3-11)12-4-8-14(18)9-5-12/h2-9,15,18H,10H2,1H3. The molecule has 1 unspecified atom stereocenters. The Morgan fingerprint density at radius 3 is 2.10 bits per heavy atom. The molecule has 2 aromatic carbocycles. The molecule has 104 valence electrons. The molecule has 1 N–H and O–H groups in total. The van der Waals surface area contributed by atoms with E-state index in [1.165, 1.54) is 19.2 Å². The lowest BCUT2D eigenvalue weighted by Crippen LogP contribution is -2.10. The van der Waals surface area contributed by atoms with Gasteiger partial charge >= 0.3 is 5.97 Å². The number of ether oxygens (including phenoxy) is 1. The zero-order valence-electron chi connectivity index (χ0n) is 11.0. The molecule has 0 aliphatic carbocycles. The maximum atomic E-state index is 13.0. The smallest absolute Gasteiger partial charge is 0.306 e. The van der Waals surface area contributed by atoms with Crippen LogP contribution < -0.4 is 0 Å². The van der Waals surface area contributed by atoms with Crippen molar-refractivity contribution in [2.45, 2.75) is 12.3 Å². The van der Waals surface area contributed by atoms with Gasteiger partial charge in [0.2, 0.25) is 0 Å². The van der Waals surface area contributed by atoms with Gasteiger partial charge in [-0.3, -0.25) is 4.79 Å². The summed E-state index contributed by atoms with van der Waals surface area (Å²) in [6.07, 6.45) is 0.160. The summed E-state index contributed by atoms with van der Waals surface area (Å²) >= 11 is 0. The van der Waals surface area contributed by atoms with Gasteiger partial charge in [0.05, 0.1) is 13.5 Å². The molecule has 0 saturated heterocycles. The maximum Gasteiger partial charge on any atom is 0.306 e. The van der Waals surface area contributed by atoms with Crippen LogP contribution in [0.5, 0.6) is 5.75 Å². The Morgan fingerprint density at radius 1 is 1.10 bits per heavy atom. The van der Waals surface area contributed by atoms with Crippen molar-refractivity contribution in [1.82, 2.24) is 0 Å². The summed E-state index contributed by atoms with van der Waals surface area (Å²) < 4.78 is 17.7. The van der Waals surface area contributed by atoms with Crippen molar-refractivity contribution in [3.63, 3.8) is 0 Å². The number of hydrogen-bond donors (Lipinski definition) is 1. The highest BCUT2D eigenvalue weighted by molar-refractivity contribution is 5.71. The van der Waals surface area contributed by atoms with Crippen molar-refractivity contribution in [2.75, 3.05) is 7.11 Å². The van der Waals surface area contributed by atoms with Crippen LogP contribution in [0.15, 0.2) is 48.5 Å². The fourth-order valence-electron chi connectivity index (χ4n) is 2.08. The van der Waals surface area contributed by atoms with E-state index in [9.17, 15) is 14.3 Å². The van der Waals surface area contributed by atoms with Gasteiger partial charge in [0.25, 0.3) is 0 Å². The average Bonchev–Trinajstić information content (AvgIpc) is 2.46. The summed E-state index contributed by atoms with van der Waals surface area (Å²) in [6, 6.07) is 12.6. The minimum absolute atomic E-state index is 0.157. The van der Waals surface area contributed by atoms with E-state index in [4.69, 9.17) is 4.74 Å². The highest BCUT2D eigenvalue weighted by Gasteiger charge is 2.18. The number of esters is 1. The van der Waals surface area contributed by atoms with Crippen molar-refractivity contribution in [2.24, 2.45) is 0 Å². The van der Waals surface area contributed by atoms with Crippen LogP contribution in [0.1, 0.15) is 23.5 Å². The van der Waals surface area contributed by atoms with Gasteiger partial charge in [0, 0.05) is 5.92 Å². The van der Waals surface area contributed by atoms with E-state index < -0.39 is 0 Å². The van der Waals surface area contributed by atoms with Gasteiger partial charge in [0.15, 0.2) is 0 Å². The summed E-state index contributed by atoms with van der Waals surface area (Å²) in [5.41, 5.74) is 1.68. The molecule has 0 bridgehead atoms. The van der Waals surface area contributed by atoms with Crippen LogP contribution >= 0.6 is 0 Å². The highest BCUT2D eigenvalue weighted by atomic mass is 19.1. The number of aromatic hydroxyl groups is 1. The lowest BCUT2D eigenvalue weighted by molar-refractivity contribution is -0.140. The van der Waals surface area contributed by atoms with Crippen LogP contribution in [0.2, 0.25) is 0 Å². The van der Waals surface area contributed by atoms with Crippen molar-refractivity contribution >= 4 is 5.97 Å². The minimum atomic E-state index is -0.340. The number of rotatable bonds is 4. The van der Waals surface area contributed by atoms with Gasteiger partial charge in [-0.15, -0.1) is 0 Å². The highest BCUT2D eigenvalue weighted by Crippen LogP contribution is 2.29. The Morgan fingerprint density at radius 2 is 1.60 bits per heavy atom. The van der Waals surface area contributed by atoms with Gasteiger partial charge in [-0.2, -0.15) is 0 Å². The zero-order chi connectivity index (χ0) is 14.5. The molecule has 0 spiro atoms. The number of carbonyl (C=O) groups is 1. The molecule has 0 radical (unpaired) electrons. The Bertz CT molecular complexity index is 530. The van der Waals surface area contributed by atoms with Crippen LogP contribution in [-0.2, 0) is 9.53 Å². The third-order valence-electron chi connectivity index (χ3n) is 3.17. The molecule has 0 aliphatic heterocycles. The molecule has 2 aromatic rings. The fraction of sp³-hybridized carbons (Fsp3) is 0.188. The van der Waals surface area contributed by atoms with Crippen molar-refractivity contribution < 1.29 is 19.0 Å². The molecule has 20 heavy (non-hydrogen) atoms. The molecule has 0 heterocycles. The molecule has 4 heteroatoms. The molecule has 0 aliphatic rings. The SMILES string of the molecule is COC(=O)CC(c1ccc(O)cc1)c1ccc(F)cc1. The second kappa shape index (κ2) is 6.19. The number of phenolic OH excluding ortho intramolecular Hbond substituents is 1. The van der Waals surface area contributed by atoms with Crippen molar-refractivity contribution in [3.05, 3.63) is 65.5 Å². The first-order valence-corrected chi connectivity index (χ1v) is 6.21. The van der Waals surface area contributed by atoms with E-state index in [1.807, 2.05) is 0 Å². The van der Waals surface area contributed by atoms with Crippen LogP contribution in [0.25, 0.3) is 0 Å². The quantitative estimate of drug-likeness (QED) is 0.871. The Kier molecular flexibility index (Phi) is 4.35. The molecule has 0 aromatic heterocycles. The molecule has 0 amide bonds. The second-order valence-electron chi connectivity index (χ2n) is 4.48. The predicted molar refractivity (Wildman–Crippen MR) is 73.0 cm³/mol. The van der Waals surface area contributed by atoms with Crippen LogP contribution in [-0.4, -0.2) is 18.2 Å². The Balaban J connectivity index is 2.35. The monoisotopic (exact) mass is 274 g/mol. The normalized spacial score (nSPS) is 11.9. The first-order valence-electron chi connectivity index (χ1n) is 6.21. The van der Waals surface area contributed by atoms with Gasteiger partial charge in [-0.05, 0) is 35.4 Å². The van der Waals surface area contributed by atoms with Gasteiger partial charge < -0.3 is 9.84 Å². The molecule has 1 atom stereocenters. The maximum absolute atomic E-state index is 13.0. The molecular weight excluding hydrogens is 259 g/mol. The second-order valence-corrected chi connectivity index (χ2v) is 4.48. The number of phenols is 1. The summed E-state index contributed by atoms with van der Waals surface area (Å²) in [7, 11) is 1.33. The molecule has 2 rings (SSSR count). The van der Waals surface area contributed by atoms with E-state index in [0.717, 1.165) is 11.1 Å². The van der Waals surface area contributed by atoms with Crippen LogP contribution in [0, 0.1) is 5.82 Å². The molecule has 3 nitrogen and oxygen atoms in total. The Hall–Kier alpha value is -2.36. The average molecular weight is 274 g/mol. The number of halogens is 1. The van der Waals surface area contributed by atoms with E-state index in [0.29, 0.717) is 0 Å². The fourth-order valence-corrected chi connectivity index (χ4v) is 2.08. The summed E-state index contributed by atoms with van der Waals surface area (Å²) in [6.45, 7) is 0. The van der Waals surface area contributed by atoms with Gasteiger partial charge in [-0.25, -0.2) is 4.39 Å². The van der Waals surface area contributed by atoms with Crippen molar-refractivity contribution in [3.8, 4) is 5.75 Å². The van der Waals surface area contributed by atoms with E-state index >= 15 is 0 Å². The molecular formula is C16H15FO3. The van der Waals surface area contributed by atoms with Gasteiger partial charge in [0.1, 0.15) is 11.6 Å². The van der Waals surface area contributed by atoms with Crippen molar-refractivity contribution in [1.29, 1.82) is 0 Å². The topological polar surface area (TPSA) is 46.5 Å². The lowest BCUT2D eigenvalue weighted by Gasteiger charge is -2.17. The lowest BCUT2D eigenvalue weighted by atomic mass is 9.88. The third-order valence-corrected chi connectivity index (χ3v) is 3.17. The van der Waals surface area contributed by atoms with E-state index in [-0.39, 0.29) is 29.9 Å².